The van der Waals surface area contributed by atoms with Crippen LogP contribution in [0.3, 0.4) is 0 Å². The van der Waals surface area contributed by atoms with Gasteiger partial charge in [0.15, 0.2) is 0 Å². The van der Waals surface area contributed by atoms with Crippen molar-refractivity contribution in [3.8, 4) is 11.5 Å². The van der Waals surface area contributed by atoms with Crippen LogP contribution in [0.4, 0.5) is 9.59 Å². The lowest BCUT2D eigenvalue weighted by Crippen LogP contribution is -2.56. The van der Waals surface area contributed by atoms with Crippen LogP contribution in [-0.2, 0) is 9.47 Å². The molecule has 8 heterocycles. The smallest absolute Gasteiger partial charge is 0.408 e. The summed E-state index contributed by atoms with van der Waals surface area (Å²) in [5.41, 5.74) is 3.53. The Morgan fingerprint density at radius 2 is 1.10 bits per heavy atom. The summed E-state index contributed by atoms with van der Waals surface area (Å²) in [6.07, 6.45) is 12.9. The normalized spacial score (nSPS) is 30.5. The van der Waals surface area contributed by atoms with Crippen LogP contribution in [0.5, 0.6) is 11.5 Å². The predicted octanol–water partition coefficient (Wildman–Crippen LogP) is 8.14. The lowest BCUT2D eigenvalue weighted by Gasteiger charge is -2.51. The fraction of sp³-hybridized carbons (Fsp3) is 0.500. The van der Waals surface area contributed by atoms with Crippen LogP contribution in [-0.4, -0.2) is 96.5 Å². The minimum Gasteiger partial charge on any atom is -0.497 e. The van der Waals surface area contributed by atoms with E-state index in [2.05, 4.69) is 55.7 Å². The standard InChI is InChI=1S/C48H58N6O6/c1-5-29-27-53-21-17-31(29)23-43(53)45(37-15-19-49-41-13-11-35(57-3)25-39(37)41)59-47(55)51-33-7-9-34(10-8-33)52-48(56)60-46(44-24-32-18-22-54(44)28-30(32)6-2)38-16-20-50-42-14-12-36(58-4)26-40(38)42/h5-6,11-16,19-20,25-26,29-34,43-46H,1-2,7-10,17-18,21-24,27-28H2,3-4H3,(H,51,55)(H,52,56)/t29-,30-,31-,32-,33?,34?,43+,44+,45+,46+/m0/s1. The number of nitrogens with zero attached hydrogens (tertiary/aromatic N) is 4. The second-order valence-corrected chi connectivity index (χ2v) is 17.5. The predicted molar refractivity (Wildman–Crippen MR) is 231 cm³/mol. The van der Waals surface area contributed by atoms with Gasteiger partial charge in [0.25, 0.3) is 0 Å². The van der Waals surface area contributed by atoms with Gasteiger partial charge in [0, 0.05) is 59.5 Å². The van der Waals surface area contributed by atoms with Crippen LogP contribution in [0.15, 0.2) is 86.2 Å². The molecule has 4 bridgehead atoms. The maximum atomic E-state index is 13.9. The first kappa shape index (κ1) is 40.2. The Morgan fingerprint density at radius 1 is 0.667 bits per heavy atom. The van der Waals surface area contributed by atoms with Crippen LogP contribution in [0.25, 0.3) is 21.8 Å². The number of methoxy groups -OCH3 is 2. The molecule has 1 saturated carbocycles. The van der Waals surface area contributed by atoms with Gasteiger partial charge in [0.1, 0.15) is 23.7 Å². The van der Waals surface area contributed by atoms with Crippen LogP contribution >= 0.6 is 0 Å². The maximum Gasteiger partial charge on any atom is 0.408 e. The summed E-state index contributed by atoms with van der Waals surface area (Å²) >= 11 is 0. The average molecular weight is 815 g/mol. The van der Waals surface area contributed by atoms with Crippen LogP contribution in [0.2, 0.25) is 0 Å². The van der Waals surface area contributed by atoms with E-state index in [4.69, 9.17) is 18.9 Å². The number of fused-ring (bicyclic) bond motifs is 8. The number of pyridine rings is 2. The Kier molecular flexibility index (Phi) is 11.7. The van der Waals surface area contributed by atoms with Crippen molar-refractivity contribution in [1.82, 2.24) is 30.4 Å². The quantitative estimate of drug-likeness (QED) is 0.135. The number of benzene rings is 2. The third-order valence-electron chi connectivity index (χ3n) is 14.4. The molecule has 6 aliphatic heterocycles. The number of carbonyl (C=O) groups excluding carboxylic acids is 2. The van der Waals surface area contributed by atoms with Crippen molar-refractivity contribution in [1.29, 1.82) is 0 Å². The largest absolute Gasteiger partial charge is 0.497 e. The molecule has 2 amide bonds. The van der Waals surface area contributed by atoms with Gasteiger partial charge >= 0.3 is 12.2 Å². The fourth-order valence-corrected chi connectivity index (χ4v) is 11.1. The first-order valence-corrected chi connectivity index (χ1v) is 21.8. The van der Waals surface area contributed by atoms with Gasteiger partial charge in [-0.1, -0.05) is 12.2 Å². The number of ether oxygens (including phenoxy) is 4. The summed E-state index contributed by atoms with van der Waals surface area (Å²) in [4.78, 5) is 42.0. The van der Waals surface area contributed by atoms with E-state index in [0.717, 1.165) is 96.3 Å². The van der Waals surface area contributed by atoms with E-state index in [1.165, 1.54) is 0 Å². The highest BCUT2D eigenvalue weighted by Gasteiger charge is 2.46. The van der Waals surface area contributed by atoms with E-state index in [0.29, 0.717) is 49.4 Å². The molecule has 60 heavy (non-hydrogen) atoms. The van der Waals surface area contributed by atoms with Gasteiger partial charge < -0.3 is 29.6 Å². The number of hydrogen-bond donors (Lipinski definition) is 2. The zero-order chi connectivity index (χ0) is 41.3. The molecule has 2 unspecified atom stereocenters. The number of nitrogens with one attached hydrogen (secondary N) is 2. The van der Waals surface area contributed by atoms with E-state index in [1.807, 2.05) is 48.5 Å². The van der Waals surface area contributed by atoms with E-state index in [-0.39, 0.29) is 24.2 Å². The number of amides is 2. The molecule has 2 aromatic heterocycles. The molecule has 0 spiro atoms. The second-order valence-electron chi connectivity index (χ2n) is 17.5. The Bertz CT molecular complexity index is 2070. The highest BCUT2D eigenvalue weighted by atomic mass is 16.6. The van der Waals surface area contributed by atoms with Gasteiger partial charge in [-0.25, -0.2) is 9.59 Å². The van der Waals surface area contributed by atoms with Crippen molar-refractivity contribution in [3.05, 3.63) is 97.4 Å². The molecule has 12 nitrogen and oxygen atoms in total. The van der Waals surface area contributed by atoms with Crippen molar-refractivity contribution in [2.24, 2.45) is 23.7 Å². The molecule has 10 atom stereocenters. The van der Waals surface area contributed by atoms with E-state index in [1.54, 1.807) is 26.6 Å². The molecule has 11 rings (SSSR count). The molecule has 0 radical (unpaired) electrons. The topological polar surface area (TPSA) is 127 Å². The van der Waals surface area contributed by atoms with Gasteiger partial charge in [-0.2, -0.15) is 0 Å². The molecule has 6 saturated heterocycles. The van der Waals surface area contributed by atoms with Crippen molar-refractivity contribution in [2.75, 3.05) is 40.4 Å². The number of aromatic nitrogens is 2. The summed E-state index contributed by atoms with van der Waals surface area (Å²) in [7, 11) is 3.31. The minimum absolute atomic E-state index is 0.0356. The molecule has 12 heteroatoms. The zero-order valence-corrected chi connectivity index (χ0v) is 34.8. The summed E-state index contributed by atoms with van der Waals surface area (Å²) < 4.78 is 24.2. The number of rotatable bonds is 12. The van der Waals surface area contributed by atoms with Gasteiger partial charge in [0.05, 0.1) is 37.3 Å². The van der Waals surface area contributed by atoms with Crippen molar-refractivity contribution < 1.29 is 28.5 Å². The summed E-state index contributed by atoms with van der Waals surface area (Å²) in [5, 5.41) is 8.25. The Hall–Kier alpha value is -5.20. The lowest BCUT2D eigenvalue weighted by atomic mass is 9.73. The molecule has 2 N–H and O–H groups in total. The molecule has 7 aliphatic rings. The Morgan fingerprint density at radius 3 is 1.47 bits per heavy atom. The van der Waals surface area contributed by atoms with E-state index < -0.39 is 24.4 Å². The van der Waals surface area contributed by atoms with Crippen LogP contribution < -0.4 is 20.1 Å². The molecule has 4 aromatic rings. The molecular formula is C48H58N6O6. The third-order valence-corrected chi connectivity index (χ3v) is 14.4. The number of carbonyl (C=O) groups is 2. The molecule has 1 aliphatic carbocycles. The third kappa shape index (κ3) is 8.03. The molecule has 2 aromatic carbocycles. The summed E-state index contributed by atoms with van der Waals surface area (Å²) in [5.74, 6) is 3.35. The van der Waals surface area contributed by atoms with Gasteiger partial charge in [-0.15, -0.1) is 13.2 Å². The zero-order valence-electron chi connectivity index (χ0n) is 34.8. The number of hydrogen-bond acceptors (Lipinski definition) is 10. The lowest BCUT2D eigenvalue weighted by molar-refractivity contribution is -0.0510. The Labute approximate surface area is 352 Å². The van der Waals surface area contributed by atoms with Crippen molar-refractivity contribution in [2.45, 2.75) is 87.7 Å². The van der Waals surface area contributed by atoms with Crippen LogP contribution in [0, 0.1) is 23.7 Å². The van der Waals surface area contributed by atoms with Gasteiger partial charge in [0.2, 0.25) is 0 Å². The number of piperidine rings is 6. The second kappa shape index (κ2) is 17.4. The van der Waals surface area contributed by atoms with Gasteiger partial charge in [-0.05, 0) is 137 Å². The van der Waals surface area contributed by atoms with Gasteiger partial charge in [-0.3, -0.25) is 19.8 Å². The molecule has 316 valence electrons. The minimum atomic E-state index is -0.492. The SMILES string of the molecule is C=C[C@H]1CN2CC[C@H]1C[C@@H]2[C@H](OC(=O)NC1CCC(NC(=O)O[C@H](c2ccnc3ccc(OC)cc23)[C@H]2C[C@@H]3CCN2C[C@@H]3C=C)CC1)c1ccnc2ccc(OC)cc12. The van der Waals surface area contributed by atoms with E-state index >= 15 is 0 Å². The van der Waals surface area contributed by atoms with Crippen molar-refractivity contribution in [3.63, 3.8) is 0 Å². The Balaban J connectivity index is 0.866. The molecule has 7 fully saturated rings. The fourth-order valence-electron chi connectivity index (χ4n) is 11.1. The highest BCUT2D eigenvalue weighted by Crippen LogP contribution is 2.45. The molecular weight excluding hydrogens is 757 g/mol. The average Bonchev–Trinajstić information content (AvgIpc) is 3.30. The van der Waals surface area contributed by atoms with E-state index in [9.17, 15) is 9.59 Å². The first-order chi connectivity index (χ1) is 29.3. The monoisotopic (exact) mass is 814 g/mol. The summed E-state index contributed by atoms with van der Waals surface area (Å²) in [6, 6.07) is 15.6. The summed E-state index contributed by atoms with van der Waals surface area (Å²) in [6.45, 7) is 12.0. The maximum absolute atomic E-state index is 13.9. The van der Waals surface area contributed by atoms with Crippen LogP contribution in [0.1, 0.15) is 74.7 Å². The first-order valence-electron chi connectivity index (χ1n) is 21.8. The number of alkyl carbamates (subject to hydrolysis) is 2. The highest BCUT2D eigenvalue weighted by molar-refractivity contribution is 5.85. The van der Waals surface area contributed by atoms with Crippen molar-refractivity contribution >= 4 is 34.0 Å².